The lowest BCUT2D eigenvalue weighted by Gasteiger charge is -2.32. The van der Waals surface area contributed by atoms with Gasteiger partial charge in [-0.05, 0) is 55.7 Å². The van der Waals surface area contributed by atoms with Crippen molar-refractivity contribution in [2.24, 2.45) is 11.7 Å². The molecule has 3 rings (SSSR count). The Morgan fingerprint density at radius 1 is 1.24 bits per heavy atom. The van der Waals surface area contributed by atoms with Crippen molar-refractivity contribution in [1.82, 2.24) is 4.90 Å². The van der Waals surface area contributed by atoms with Gasteiger partial charge in [0.25, 0.3) is 0 Å². The van der Waals surface area contributed by atoms with Crippen LogP contribution in [0, 0.1) is 5.92 Å². The zero-order valence-electron chi connectivity index (χ0n) is 13.1. The van der Waals surface area contributed by atoms with Gasteiger partial charge in [-0.15, -0.1) is 0 Å². The van der Waals surface area contributed by atoms with Crippen molar-refractivity contribution >= 4 is 0 Å². The van der Waals surface area contributed by atoms with Crippen LogP contribution in [0.1, 0.15) is 48.8 Å². The number of ether oxygens (including phenoxy) is 1. The zero-order valence-corrected chi connectivity index (χ0v) is 13.1. The van der Waals surface area contributed by atoms with E-state index in [1.807, 2.05) is 0 Å². The maximum absolute atomic E-state index is 6.09. The number of likely N-dealkylation sites (N-methyl/N-ethyl adjacent to an activating group) is 1. The number of hydrogen-bond acceptors (Lipinski definition) is 3. The van der Waals surface area contributed by atoms with Gasteiger partial charge in [-0.1, -0.05) is 24.3 Å². The van der Waals surface area contributed by atoms with Gasteiger partial charge >= 0.3 is 0 Å². The largest absolute Gasteiger partial charge is 0.381 e. The van der Waals surface area contributed by atoms with Gasteiger partial charge < -0.3 is 10.5 Å². The van der Waals surface area contributed by atoms with E-state index >= 15 is 0 Å². The van der Waals surface area contributed by atoms with Crippen LogP contribution >= 0.6 is 0 Å². The highest BCUT2D eigenvalue weighted by Gasteiger charge is 2.25. The molecule has 1 aromatic carbocycles. The monoisotopic (exact) mass is 288 g/mol. The van der Waals surface area contributed by atoms with Gasteiger partial charge in [-0.2, -0.15) is 0 Å². The summed E-state index contributed by atoms with van der Waals surface area (Å²) < 4.78 is 5.46. The molecular weight excluding hydrogens is 260 g/mol. The lowest BCUT2D eigenvalue weighted by molar-refractivity contribution is 0.0507. The predicted molar refractivity (Wildman–Crippen MR) is 86.4 cm³/mol. The summed E-state index contributed by atoms with van der Waals surface area (Å²) in [6, 6.07) is 9.44. The molecule has 1 aromatic rings. The zero-order chi connectivity index (χ0) is 14.7. The van der Waals surface area contributed by atoms with Gasteiger partial charge in [0.05, 0.1) is 0 Å². The molecule has 3 heteroatoms. The molecule has 2 N–H and O–H groups in total. The molecule has 1 saturated carbocycles. The van der Waals surface area contributed by atoms with Crippen LogP contribution in [0.25, 0.3) is 0 Å². The summed E-state index contributed by atoms with van der Waals surface area (Å²) in [4.78, 5) is 2.45. The summed E-state index contributed by atoms with van der Waals surface area (Å²) in [5, 5.41) is 0. The minimum Gasteiger partial charge on any atom is -0.381 e. The Balaban J connectivity index is 1.66. The first-order chi connectivity index (χ1) is 10.3. The van der Waals surface area contributed by atoms with Crippen LogP contribution in [0.15, 0.2) is 24.3 Å². The molecule has 116 valence electrons. The Bertz CT molecular complexity index is 452. The maximum Gasteiger partial charge on any atom is 0.0469 e. The normalized spacial score (nSPS) is 21.7. The Hall–Kier alpha value is -0.900. The topological polar surface area (TPSA) is 38.5 Å². The second kappa shape index (κ2) is 6.91. The van der Waals surface area contributed by atoms with Gasteiger partial charge in [0.15, 0.2) is 0 Å². The molecule has 1 aliphatic carbocycles. The molecule has 0 bridgehead atoms. The second-order valence-corrected chi connectivity index (χ2v) is 6.69. The van der Waals surface area contributed by atoms with Crippen LogP contribution in [0.2, 0.25) is 0 Å². The van der Waals surface area contributed by atoms with E-state index in [2.05, 4.69) is 36.2 Å². The van der Waals surface area contributed by atoms with Crippen LogP contribution in [0.5, 0.6) is 0 Å². The van der Waals surface area contributed by atoms with Crippen LogP contribution in [-0.2, 0) is 4.74 Å². The number of rotatable bonds is 6. The Labute approximate surface area is 128 Å². The summed E-state index contributed by atoms with van der Waals surface area (Å²) >= 11 is 0. The van der Waals surface area contributed by atoms with Crippen molar-refractivity contribution in [1.29, 1.82) is 0 Å². The molecule has 1 heterocycles. The van der Waals surface area contributed by atoms with Crippen molar-refractivity contribution in [3.05, 3.63) is 35.4 Å². The second-order valence-electron chi connectivity index (χ2n) is 6.69. The molecule has 1 unspecified atom stereocenters. The van der Waals surface area contributed by atoms with Crippen molar-refractivity contribution < 1.29 is 4.74 Å². The molecule has 1 atom stereocenters. The number of nitrogens with two attached hydrogens (primary N) is 1. The first kappa shape index (κ1) is 15.0. The van der Waals surface area contributed by atoms with Gasteiger partial charge in [0, 0.05) is 32.3 Å². The lowest BCUT2D eigenvalue weighted by Crippen LogP contribution is -2.36. The Morgan fingerprint density at radius 2 is 2.00 bits per heavy atom. The van der Waals surface area contributed by atoms with Crippen LogP contribution < -0.4 is 5.73 Å². The predicted octanol–water partition coefficient (Wildman–Crippen LogP) is 2.92. The van der Waals surface area contributed by atoms with Crippen LogP contribution in [0.3, 0.4) is 0 Å². The maximum atomic E-state index is 6.09. The summed E-state index contributed by atoms with van der Waals surface area (Å²) in [5.74, 6) is 1.56. The average molecular weight is 288 g/mol. The first-order valence-corrected chi connectivity index (χ1v) is 8.36. The highest BCUT2D eigenvalue weighted by molar-refractivity contribution is 5.31. The molecule has 0 amide bonds. The van der Waals surface area contributed by atoms with E-state index in [1.165, 1.54) is 36.8 Å². The van der Waals surface area contributed by atoms with Crippen molar-refractivity contribution in [3.8, 4) is 0 Å². The van der Waals surface area contributed by atoms with E-state index in [0.717, 1.165) is 31.6 Å². The first-order valence-electron chi connectivity index (χ1n) is 8.36. The van der Waals surface area contributed by atoms with Gasteiger partial charge in [0.1, 0.15) is 0 Å². The van der Waals surface area contributed by atoms with E-state index in [0.29, 0.717) is 12.6 Å². The highest BCUT2D eigenvalue weighted by atomic mass is 16.5. The molecule has 21 heavy (non-hydrogen) atoms. The van der Waals surface area contributed by atoms with E-state index < -0.39 is 0 Å². The van der Waals surface area contributed by atoms with Crippen molar-refractivity contribution in [2.45, 2.75) is 37.6 Å². The molecule has 0 aromatic heterocycles. The fourth-order valence-electron chi connectivity index (χ4n) is 3.47. The molecule has 0 spiro atoms. The molecule has 2 aliphatic rings. The SMILES string of the molecule is CN(CC1CCOCC1)C(CN)c1cccc(C2CC2)c1. The van der Waals surface area contributed by atoms with Gasteiger partial charge in [0.2, 0.25) is 0 Å². The third-order valence-corrected chi connectivity index (χ3v) is 4.99. The van der Waals surface area contributed by atoms with Crippen molar-refractivity contribution in [3.63, 3.8) is 0 Å². The van der Waals surface area contributed by atoms with E-state index in [-0.39, 0.29) is 0 Å². The quantitative estimate of drug-likeness (QED) is 0.874. The van der Waals surface area contributed by atoms with Crippen molar-refractivity contribution in [2.75, 3.05) is 33.4 Å². The lowest BCUT2D eigenvalue weighted by atomic mass is 9.96. The van der Waals surface area contributed by atoms with Crippen LogP contribution in [-0.4, -0.2) is 38.3 Å². The summed E-state index contributed by atoms with van der Waals surface area (Å²) in [7, 11) is 2.22. The van der Waals surface area contributed by atoms with Gasteiger partial charge in [-0.25, -0.2) is 0 Å². The van der Waals surface area contributed by atoms with Crippen LogP contribution in [0.4, 0.5) is 0 Å². The molecule has 0 radical (unpaired) electrons. The molecule has 1 aliphatic heterocycles. The molecule has 1 saturated heterocycles. The smallest absolute Gasteiger partial charge is 0.0469 e. The fraction of sp³-hybridized carbons (Fsp3) is 0.667. The standard InChI is InChI=1S/C18H28N2O/c1-20(13-14-7-9-21-10-8-14)18(12-19)17-4-2-3-16(11-17)15-5-6-15/h2-4,11,14-15,18H,5-10,12-13,19H2,1H3. The summed E-state index contributed by atoms with van der Waals surface area (Å²) in [6.07, 6.45) is 5.08. The number of nitrogens with zero attached hydrogens (tertiary/aromatic N) is 1. The number of hydrogen-bond donors (Lipinski definition) is 1. The fourth-order valence-corrected chi connectivity index (χ4v) is 3.47. The molecule has 2 fully saturated rings. The third-order valence-electron chi connectivity index (χ3n) is 4.99. The minimum absolute atomic E-state index is 0.339. The average Bonchev–Trinajstić information content (AvgIpc) is 3.34. The minimum atomic E-state index is 0.339. The molecule has 3 nitrogen and oxygen atoms in total. The van der Waals surface area contributed by atoms with E-state index in [4.69, 9.17) is 10.5 Å². The molecular formula is C18H28N2O. The third kappa shape index (κ3) is 3.85. The Morgan fingerprint density at radius 3 is 2.67 bits per heavy atom. The van der Waals surface area contributed by atoms with E-state index in [9.17, 15) is 0 Å². The Kier molecular flexibility index (Phi) is 4.94. The summed E-state index contributed by atoms with van der Waals surface area (Å²) in [6.45, 7) is 3.65. The summed E-state index contributed by atoms with van der Waals surface area (Å²) in [5.41, 5.74) is 8.98. The number of benzene rings is 1. The highest BCUT2D eigenvalue weighted by Crippen LogP contribution is 2.40. The van der Waals surface area contributed by atoms with E-state index in [1.54, 1.807) is 0 Å². The van der Waals surface area contributed by atoms with Gasteiger partial charge in [-0.3, -0.25) is 4.90 Å².